The monoisotopic (exact) mass is 322 g/mol. The zero-order valence-electron chi connectivity index (χ0n) is 12.5. The van der Waals surface area contributed by atoms with Gasteiger partial charge in [0.15, 0.2) is 0 Å². The molecule has 22 heavy (non-hydrogen) atoms. The van der Waals surface area contributed by atoms with E-state index in [0.717, 1.165) is 10.9 Å². The van der Waals surface area contributed by atoms with Crippen LogP contribution in [-0.4, -0.2) is 27.6 Å². The van der Waals surface area contributed by atoms with Crippen LogP contribution in [0.15, 0.2) is 30.5 Å². The molecule has 6 heteroatoms. The Morgan fingerprint density at radius 3 is 2.68 bits per heavy atom. The molecular formula is C16H19ClN2O3. The maximum Gasteiger partial charge on any atom is 0.326 e. The topological polar surface area (TPSA) is 71.3 Å². The number of halogens is 1. The number of hydrogen-bond acceptors (Lipinski definition) is 2. The molecule has 1 unspecified atom stereocenters. The van der Waals surface area contributed by atoms with Crippen LogP contribution in [0.25, 0.3) is 10.9 Å². The molecule has 2 N–H and O–H groups in total. The fourth-order valence-corrected chi connectivity index (χ4v) is 2.64. The summed E-state index contributed by atoms with van der Waals surface area (Å²) in [5, 5.41) is 13.2. The van der Waals surface area contributed by atoms with Crippen molar-refractivity contribution in [3.05, 3.63) is 35.5 Å². The van der Waals surface area contributed by atoms with E-state index in [9.17, 15) is 9.59 Å². The highest BCUT2D eigenvalue weighted by atomic mass is 35.5. The first-order valence-corrected chi connectivity index (χ1v) is 7.51. The number of rotatable bonds is 6. The summed E-state index contributed by atoms with van der Waals surface area (Å²) in [4.78, 5) is 23.3. The lowest BCUT2D eigenvalue weighted by molar-refractivity contribution is -0.142. The van der Waals surface area contributed by atoms with Gasteiger partial charge in [0.25, 0.3) is 0 Å². The highest BCUT2D eigenvalue weighted by molar-refractivity contribution is 6.35. The lowest BCUT2D eigenvalue weighted by Crippen LogP contribution is -2.43. The fourth-order valence-electron chi connectivity index (χ4n) is 2.41. The van der Waals surface area contributed by atoms with Gasteiger partial charge in [-0.2, -0.15) is 0 Å². The number of aliphatic carboxylic acids is 1. The summed E-state index contributed by atoms with van der Waals surface area (Å²) in [7, 11) is 0. The number of aromatic nitrogens is 1. The lowest BCUT2D eigenvalue weighted by atomic mass is 10.0. The predicted octanol–water partition coefficient (Wildman–Crippen LogP) is 2.91. The fraction of sp³-hybridized carbons (Fsp3) is 0.375. The maximum atomic E-state index is 12.1. The molecule has 2 aromatic rings. The SMILES string of the molecule is CC(C)CC(NC(=O)Cn1ccc2c(Cl)cccc21)C(=O)O. The first-order chi connectivity index (χ1) is 10.4. The summed E-state index contributed by atoms with van der Waals surface area (Å²) in [5.74, 6) is -1.15. The molecular weight excluding hydrogens is 304 g/mol. The summed E-state index contributed by atoms with van der Waals surface area (Å²) < 4.78 is 1.75. The molecule has 0 radical (unpaired) electrons. The van der Waals surface area contributed by atoms with E-state index < -0.39 is 12.0 Å². The molecule has 1 heterocycles. The molecule has 0 fully saturated rings. The van der Waals surface area contributed by atoms with E-state index in [1.807, 2.05) is 32.0 Å². The molecule has 1 aromatic carbocycles. The number of hydrogen-bond donors (Lipinski definition) is 2. The number of nitrogens with zero attached hydrogens (tertiary/aromatic N) is 1. The molecule has 0 aliphatic rings. The summed E-state index contributed by atoms with van der Waals surface area (Å²) >= 11 is 6.10. The molecule has 5 nitrogen and oxygen atoms in total. The van der Waals surface area contributed by atoms with Crippen molar-refractivity contribution < 1.29 is 14.7 Å². The second-order valence-corrected chi connectivity index (χ2v) is 6.11. The minimum absolute atomic E-state index is 0.0612. The molecule has 0 saturated heterocycles. The van der Waals surface area contributed by atoms with Crippen LogP contribution in [0.3, 0.4) is 0 Å². The summed E-state index contributed by atoms with van der Waals surface area (Å²) in [5.41, 5.74) is 0.846. The minimum Gasteiger partial charge on any atom is -0.480 e. The van der Waals surface area contributed by atoms with E-state index in [2.05, 4.69) is 5.32 Å². The van der Waals surface area contributed by atoms with Crippen LogP contribution in [-0.2, 0) is 16.1 Å². The van der Waals surface area contributed by atoms with Crippen LogP contribution in [0, 0.1) is 5.92 Å². The Hall–Kier alpha value is -2.01. The van der Waals surface area contributed by atoms with Crippen molar-refractivity contribution in [1.82, 2.24) is 9.88 Å². The number of fused-ring (bicyclic) bond motifs is 1. The average molecular weight is 323 g/mol. The zero-order chi connectivity index (χ0) is 16.3. The smallest absolute Gasteiger partial charge is 0.326 e. The van der Waals surface area contributed by atoms with Crippen molar-refractivity contribution in [3.8, 4) is 0 Å². The zero-order valence-corrected chi connectivity index (χ0v) is 13.3. The van der Waals surface area contributed by atoms with Crippen LogP contribution >= 0.6 is 11.6 Å². The standard InChI is InChI=1S/C16H19ClN2O3/c1-10(2)8-13(16(21)22)18-15(20)9-19-7-6-11-12(17)4-3-5-14(11)19/h3-7,10,13H,8-9H2,1-2H3,(H,18,20)(H,21,22). The number of carbonyl (C=O) groups excluding carboxylic acids is 1. The first-order valence-electron chi connectivity index (χ1n) is 7.14. The molecule has 1 aromatic heterocycles. The van der Waals surface area contributed by atoms with E-state index in [-0.39, 0.29) is 18.4 Å². The van der Waals surface area contributed by atoms with Crippen molar-refractivity contribution in [2.45, 2.75) is 32.9 Å². The molecule has 0 bridgehead atoms. The summed E-state index contributed by atoms with van der Waals surface area (Å²) in [6, 6.07) is 6.46. The Balaban J connectivity index is 2.10. The number of benzene rings is 1. The van der Waals surface area contributed by atoms with Crippen LogP contribution < -0.4 is 5.32 Å². The lowest BCUT2D eigenvalue weighted by Gasteiger charge is -2.17. The van der Waals surface area contributed by atoms with Crippen molar-refractivity contribution in [2.75, 3.05) is 0 Å². The molecule has 0 saturated carbocycles. The van der Waals surface area contributed by atoms with Gasteiger partial charge in [0.1, 0.15) is 12.6 Å². The van der Waals surface area contributed by atoms with E-state index in [1.165, 1.54) is 0 Å². The number of nitrogens with one attached hydrogen (secondary N) is 1. The third kappa shape index (κ3) is 3.80. The number of carboxylic acids is 1. The Bertz CT molecular complexity index is 694. The quantitative estimate of drug-likeness (QED) is 0.859. The Morgan fingerprint density at radius 1 is 1.32 bits per heavy atom. The number of carbonyl (C=O) groups is 2. The second-order valence-electron chi connectivity index (χ2n) is 5.70. The van der Waals surface area contributed by atoms with Crippen LogP contribution in [0.5, 0.6) is 0 Å². The highest BCUT2D eigenvalue weighted by Crippen LogP contribution is 2.24. The van der Waals surface area contributed by atoms with Crippen molar-refractivity contribution >= 4 is 34.4 Å². The molecule has 1 amide bonds. The average Bonchev–Trinajstić information content (AvgIpc) is 2.82. The minimum atomic E-state index is -1.01. The van der Waals surface area contributed by atoms with Gasteiger partial charge in [-0.1, -0.05) is 31.5 Å². The third-order valence-electron chi connectivity index (χ3n) is 3.41. The highest BCUT2D eigenvalue weighted by Gasteiger charge is 2.21. The second kappa shape index (κ2) is 6.83. The maximum absolute atomic E-state index is 12.1. The van der Waals surface area contributed by atoms with Crippen LogP contribution in [0.2, 0.25) is 5.02 Å². The molecule has 1 atom stereocenters. The molecule has 118 valence electrons. The summed E-state index contributed by atoms with van der Waals surface area (Å²) in [6.45, 7) is 3.90. The van der Waals surface area contributed by atoms with Gasteiger partial charge < -0.3 is 15.0 Å². The van der Waals surface area contributed by atoms with Crippen LogP contribution in [0.1, 0.15) is 20.3 Å². The molecule has 0 spiro atoms. The van der Waals surface area contributed by atoms with Gasteiger partial charge >= 0.3 is 5.97 Å². The Morgan fingerprint density at radius 2 is 2.05 bits per heavy atom. The van der Waals surface area contributed by atoms with Crippen LogP contribution in [0.4, 0.5) is 0 Å². The largest absolute Gasteiger partial charge is 0.480 e. The van der Waals surface area contributed by atoms with Crippen molar-refractivity contribution in [1.29, 1.82) is 0 Å². The summed E-state index contributed by atoms with van der Waals surface area (Å²) in [6.07, 6.45) is 2.17. The van der Waals surface area contributed by atoms with Crippen molar-refractivity contribution in [3.63, 3.8) is 0 Å². The van der Waals surface area contributed by atoms with Gasteiger partial charge in [-0.15, -0.1) is 0 Å². The van der Waals surface area contributed by atoms with E-state index in [4.69, 9.17) is 16.7 Å². The van der Waals surface area contributed by atoms with Gasteiger partial charge in [-0.25, -0.2) is 4.79 Å². The number of amides is 1. The van der Waals surface area contributed by atoms with E-state index in [1.54, 1.807) is 16.8 Å². The van der Waals surface area contributed by atoms with E-state index >= 15 is 0 Å². The third-order valence-corrected chi connectivity index (χ3v) is 3.74. The predicted molar refractivity (Wildman–Crippen MR) is 86.0 cm³/mol. The molecule has 0 aliphatic heterocycles. The normalized spacial score (nSPS) is 12.5. The Labute approximate surface area is 133 Å². The van der Waals surface area contributed by atoms with Gasteiger partial charge in [0.2, 0.25) is 5.91 Å². The Kier molecular flexibility index (Phi) is 5.08. The van der Waals surface area contributed by atoms with Crippen molar-refractivity contribution in [2.24, 2.45) is 5.92 Å². The first kappa shape index (κ1) is 16.4. The molecule has 0 aliphatic carbocycles. The van der Waals surface area contributed by atoms with Gasteiger partial charge in [-0.05, 0) is 30.5 Å². The number of carboxylic acid groups (broad SMARTS) is 1. The van der Waals surface area contributed by atoms with Gasteiger partial charge in [0, 0.05) is 22.1 Å². The van der Waals surface area contributed by atoms with E-state index in [0.29, 0.717) is 11.4 Å². The molecule has 2 rings (SSSR count). The van der Waals surface area contributed by atoms with Gasteiger partial charge in [-0.3, -0.25) is 4.79 Å². The van der Waals surface area contributed by atoms with Gasteiger partial charge in [0.05, 0.1) is 0 Å².